The molecule has 1 aromatic heterocycles. The number of carbonyl (C=O) groups is 1. The van der Waals surface area contributed by atoms with Crippen LogP contribution in [0.5, 0.6) is 0 Å². The normalized spacial score (nSPS) is 19.4. The number of amides is 1. The lowest BCUT2D eigenvalue weighted by Crippen LogP contribution is -2.23. The maximum absolute atomic E-state index is 14.4. The third-order valence-electron chi connectivity index (χ3n) is 4.06. The van der Waals surface area contributed by atoms with Crippen LogP contribution >= 0.6 is 0 Å². The number of aromatic nitrogens is 2. The van der Waals surface area contributed by atoms with Gasteiger partial charge in [0, 0.05) is 11.4 Å². The van der Waals surface area contributed by atoms with E-state index in [0.29, 0.717) is 17.8 Å². The van der Waals surface area contributed by atoms with Gasteiger partial charge in [0.05, 0.1) is 23.1 Å². The van der Waals surface area contributed by atoms with E-state index >= 15 is 0 Å². The summed E-state index contributed by atoms with van der Waals surface area (Å²) in [4.78, 5) is 12.1. The molecule has 2 aromatic rings. The summed E-state index contributed by atoms with van der Waals surface area (Å²) >= 11 is 0. The zero-order valence-corrected chi connectivity index (χ0v) is 14.2. The van der Waals surface area contributed by atoms with Gasteiger partial charge in [-0.25, -0.2) is 17.5 Å². The van der Waals surface area contributed by atoms with Crippen LogP contribution in [0.2, 0.25) is 0 Å². The molecule has 1 N–H and O–H groups in total. The number of anilines is 1. The lowest BCUT2D eigenvalue weighted by molar-refractivity contribution is -0.119. The highest BCUT2D eigenvalue weighted by Crippen LogP contribution is 2.23. The second kappa shape index (κ2) is 6.01. The van der Waals surface area contributed by atoms with Crippen LogP contribution in [0.4, 0.5) is 10.1 Å². The van der Waals surface area contributed by atoms with Crippen molar-refractivity contribution in [2.45, 2.75) is 20.3 Å². The van der Waals surface area contributed by atoms with Gasteiger partial charge in [0.2, 0.25) is 5.91 Å². The van der Waals surface area contributed by atoms with Crippen LogP contribution < -0.4 is 5.32 Å². The minimum atomic E-state index is -3.13. The Morgan fingerprint density at radius 3 is 2.62 bits per heavy atom. The van der Waals surface area contributed by atoms with Crippen molar-refractivity contribution in [3.8, 4) is 5.69 Å². The van der Waals surface area contributed by atoms with Crippen molar-refractivity contribution in [3.63, 3.8) is 0 Å². The van der Waals surface area contributed by atoms with Gasteiger partial charge >= 0.3 is 0 Å². The van der Waals surface area contributed by atoms with Crippen molar-refractivity contribution >= 4 is 21.4 Å². The smallest absolute Gasteiger partial charge is 0.228 e. The summed E-state index contributed by atoms with van der Waals surface area (Å²) in [7, 11) is -3.13. The Hall–Kier alpha value is -2.22. The van der Waals surface area contributed by atoms with Crippen molar-refractivity contribution in [2.75, 3.05) is 16.8 Å². The fourth-order valence-corrected chi connectivity index (χ4v) is 4.62. The van der Waals surface area contributed by atoms with Gasteiger partial charge in [-0.2, -0.15) is 5.10 Å². The maximum atomic E-state index is 14.4. The third kappa shape index (κ3) is 3.33. The van der Waals surface area contributed by atoms with Crippen molar-refractivity contribution in [1.82, 2.24) is 9.78 Å². The van der Waals surface area contributed by atoms with E-state index in [1.165, 1.54) is 16.8 Å². The summed E-state index contributed by atoms with van der Waals surface area (Å²) in [6.45, 7) is 3.65. The molecule has 1 atom stereocenters. The first-order chi connectivity index (χ1) is 11.2. The highest BCUT2D eigenvalue weighted by atomic mass is 32.2. The lowest BCUT2D eigenvalue weighted by atomic mass is 10.1. The molecule has 1 aliphatic heterocycles. The van der Waals surface area contributed by atoms with E-state index in [0.717, 1.165) is 11.4 Å². The number of nitrogens with one attached hydrogen (secondary N) is 1. The van der Waals surface area contributed by atoms with Crippen LogP contribution in [0.15, 0.2) is 24.3 Å². The Kier molecular flexibility index (Phi) is 4.16. The maximum Gasteiger partial charge on any atom is 0.228 e. The molecule has 8 heteroatoms. The monoisotopic (exact) mass is 351 g/mol. The SMILES string of the molecule is Cc1cc(C)n(-c2ccc(NC(=O)C3CCS(=O)(=O)C3)cc2F)n1. The number of hydrogen-bond donors (Lipinski definition) is 1. The Labute approximate surface area is 139 Å². The van der Waals surface area contributed by atoms with Crippen LogP contribution in [0.1, 0.15) is 17.8 Å². The summed E-state index contributed by atoms with van der Waals surface area (Å²) in [6, 6.07) is 6.18. The molecule has 24 heavy (non-hydrogen) atoms. The number of sulfone groups is 1. The summed E-state index contributed by atoms with van der Waals surface area (Å²) in [5.41, 5.74) is 2.18. The Balaban J connectivity index is 1.78. The second-order valence-electron chi connectivity index (χ2n) is 6.09. The van der Waals surface area contributed by atoms with Crippen LogP contribution in [0, 0.1) is 25.6 Å². The molecule has 1 fully saturated rings. The fourth-order valence-electron chi connectivity index (χ4n) is 2.88. The molecular formula is C16H18FN3O3S. The van der Waals surface area contributed by atoms with E-state index in [1.807, 2.05) is 19.9 Å². The van der Waals surface area contributed by atoms with Gasteiger partial charge in [-0.3, -0.25) is 4.79 Å². The van der Waals surface area contributed by atoms with Crippen LogP contribution in [-0.2, 0) is 14.6 Å². The molecule has 0 bridgehead atoms. The van der Waals surface area contributed by atoms with Crippen LogP contribution in [-0.4, -0.2) is 35.6 Å². The van der Waals surface area contributed by atoms with Crippen LogP contribution in [0.25, 0.3) is 5.69 Å². The molecule has 2 heterocycles. The molecule has 3 rings (SSSR count). The first kappa shape index (κ1) is 16.6. The number of aryl methyl sites for hydroxylation is 2. The van der Waals surface area contributed by atoms with Gasteiger partial charge in [-0.15, -0.1) is 0 Å². The molecule has 1 saturated heterocycles. The molecule has 0 aliphatic carbocycles. The number of hydrogen-bond acceptors (Lipinski definition) is 4. The van der Waals surface area contributed by atoms with E-state index in [-0.39, 0.29) is 11.5 Å². The van der Waals surface area contributed by atoms with Gasteiger partial charge in [0.1, 0.15) is 5.69 Å². The lowest BCUT2D eigenvalue weighted by Gasteiger charge is -2.11. The molecule has 0 spiro atoms. The fraction of sp³-hybridized carbons (Fsp3) is 0.375. The quantitative estimate of drug-likeness (QED) is 0.917. The zero-order valence-electron chi connectivity index (χ0n) is 13.4. The van der Waals surface area contributed by atoms with Gasteiger partial charge < -0.3 is 5.32 Å². The molecule has 1 unspecified atom stereocenters. The van der Waals surface area contributed by atoms with E-state index in [9.17, 15) is 17.6 Å². The minimum absolute atomic E-state index is 0.0241. The zero-order chi connectivity index (χ0) is 17.5. The molecule has 6 nitrogen and oxygen atoms in total. The number of benzene rings is 1. The van der Waals surface area contributed by atoms with Crippen molar-refractivity contribution in [3.05, 3.63) is 41.5 Å². The first-order valence-corrected chi connectivity index (χ1v) is 9.42. The molecule has 0 saturated carbocycles. The van der Waals surface area contributed by atoms with E-state index < -0.39 is 27.5 Å². The second-order valence-corrected chi connectivity index (χ2v) is 8.32. The topological polar surface area (TPSA) is 81.1 Å². The average Bonchev–Trinajstić information content (AvgIpc) is 3.01. The van der Waals surface area contributed by atoms with Crippen molar-refractivity contribution in [2.24, 2.45) is 5.92 Å². The van der Waals surface area contributed by atoms with E-state index in [2.05, 4.69) is 10.4 Å². The van der Waals surface area contributed by atoms with Crippen molar-refractivity contribution in [1.29, 1.82) is 0 Å². The molecule has 1 aromatic carbocycles. The Morgan fingerprint density at radius 2 is 2.08 bits per heavy atom. The van der Waals surface area contributed by atoms with Gasteiger partial charge in [-0.05, 0) is 44.5 Å². The van der Waals surface area contributed by atoms with E-state index in [1.54, 1.807) is 6.07 Å². The molecule has 1 aliphatic rings. The van der Waals surface area contributed by atoms with Gasteiger partial charge in [-0.1, -0.05) is 0 Å². The van der Waals surface area contributed by atoms with Gasteiger partial charge in [0.25, 0.3) is 0 Å². The summed E-state index contributed by atoms with van der Waals surface area (Å²) in [6.07, 6.45) is 0.306. The molecule has 1 amide bonds. The molecule has 128 valence electrons. The number of nitrogens with zero attached hydrogens (tertiary/aromatic N) is 2. The minimum Gasteiger partial charge on any atom is -0.326 e. The predicted molar refractivity (Wildman–Crippen MR) is 88.4 cm³/mol. The Morgan fingerprint density at radius 1 is 1.33 bits per heavy atom. The number of rotatable bonds is 3. The summed E-state index contributed by atoms with van der Waals surface area (Å²) in [5.74, 6) is -1.61. The van der Waals surface area contributed by atoms with Crippen molar-refractivity contribution < 1.29 is 17.6 Å². The predicted octanol–water partition coefficient (Wildman–Crippen LogP) is 2.00. The Bertz CT molecular complexity index is 905. The summed E-state index contributed by atoms with van der Waals surface area (Å²) in [5, 5.41) is 6.82. The largest absolute Gasteiger partial charge is 0.326 e. The number of carbonyl (C=O) groups excluding carboxylic acids is 1. The average molecular weight is 351 g/mol. The van der Waals surface area contributed by atoms with Gasteiger partial charge in [0.15, 0.2) is 15.7 Å². The van der Waals surface area contributed by atoms with E-state index in [4.69, 9.17) is 0 Å². The third-order valence-corrected chi connectivity index (χ3v) is 5.82. The number of halogens is 1. The standard InChI is InChI=1S/C16H18FN3O3S/c1-10-7-11(2)20(19-10)15-4-3-13(8-14(15)17)18-16(21)12-5-6-24(22,23)9-12/h3-4,7-8,12H,5-6,9H2,1-2H3,(H,18,21). The molecular weight excluding hydrogens is 333 g/mol. The summed E-state index contributed by atoms with van der Waals surface area (Å²) < 4.78 is 38.7. The van der Waals surface area contributed by atoms with Crippen LogP contribution in [0.3, 0.4) is 0 Å². The molecule has 0 radical (unpaired) electrons. The highest BCUT2D eigenvalue weighted by Gasteiger charge is 2.33. The first-order valence-electron chi connectivity index (χ1n) is 7.60. The highest BCUT2D eigenvalue weighted by molar-refractivity contribution is 7.91.